The maximum atomic E-state index is 14.4. The van der Waals surface area contributed by atoms with Gasteiger partial charge in [0.15, 0.2) is 0 Å². The van der Waals surface area contributed by atoms with Crippen molar-refractivity contribution in [3.05, 3.63) is 83.0 Å². The number of aliphatic hydroxyl groups is 1. The van der Waals surface area contributed by atoms with Crippen molar-refractivity contribution in [2.45, 2.75) is 36.1 Å². The van der Waals surface area contributed by atoms with Gasteiger partial charge in [-0.3, -0.25) is 0 Å². The van der Waals surface area contributed by atoms with E-state index in [4.69, 9.17) is 0 Å². The Labute approximate surface area is 192 Å². The van der Waals surface area contributed by atoms with Gasteiger partial charge in [0.25, 0.3) is 10.0 Å². The van der Waals surface area contributed by atoms with Crippen LogP contribution in [0.2, 0.25) is 0 Å². The highest BCUT2D eigenvalue weighted by Crippen LogP contribution is 2.30. The quantitative estimate of drug-likeness (QED) is 0.581. The summed E-state index contributed by atoms with van der Waals surface area (Å²) in [6, 6.07) is 17.4. The van der Waals surface area contributed by atoms with Gasteiger partial charge >= 0.3 is 0 Å². The SMILES string of the molecule is CC(C)(O)c1ccc(N2CCN(S(=O)(=O)c3cccs3)C[C@@H]2Cc2ccccc2F)cc1. The minimum Gasteiger partial charge on any atom is -0.386 e. The van der Waals surface area contributed by atoms with Gasteiger partial charge in [-0.1, -0.05) is 36.4 Å². The maximum Gasteiger partial charge on any atom is 0.252 e. The monoisotopic (exact) mass is 474 g/mol. The third kappa shape index (κ3) is 4.73. The molecule has 0 bridgehead atoms. The van der Waals surface area contributed by atoms with Gasteiger partial charge in [0, 0.05) is 31.4 Å². The Balaban J connectivity index is 1.64. The molecule has 3 aromatic rings. The number of thiophene rings is 1. The van der Waals surface area contributed by atoms with Gasteiger partial charge in [-0.2, -0.15) is 4.31 Å². The lowest BCUT2D eigenvalue weighted by atomic mass is 9.97. The van der Waals surface area contributed by atoms with Crippen molar-refractivity contribution >= 4 is 27.0 Å². The van der Waals surface area contributed by atoms with Crippen molar-refractivity contribution in [2.75, 3.05) is 24.5 Å². The van der Waals surface area contributed by atoms with Crippen molar-refractivity contribution in [1.82, 2.24) is 4.31 Å². The van der Waals surface area contributed by atoms with E-state index in [0.717, 1.165) is 11.3 Å². The summed E-state index contributed by atoms with van der Waals surface area (Å²) in [6.07, 6.45) is 0.385. The van der Waals surface area contributed by atoms with Gasteiger partial charge in [0.05, 0.1) is 5.60 Å². The third-order valence-electron chi connectivity index (χ3n) is 5.85. The minimum absolute atomic E-state index is 0.233. The molecule has 4 rings (SSSR count). The fourth-order valence-electron chi connectivity index (χ4n) is 4.08. The molecule has 0 unspecified atom stereocenters. The molecule has 1 aliphatic heterocycles. The van der Waals surface area contributed by atoms with E-state index in [1.165, 1.54) is 21.7 Å². The number of rotatable bonds is 6. The predicted molar refractivity (Wildman–Crippen MR) is 126 cm³/mol. The van der Waals surface area contributed by atoms with Crippen LogP contribution in [0.25, 0.3) is 0 Å². The van der Waals surface area contributed by atoms with Crippen LogP contribution in [-0.4, -0.2) is 43.5 Å². The van der Waals surface area contributed by atoms with Crippen molar-refractivity contribution in [3.8, 4) is 0 Å². The first-order valence-corrected chi connectivity index (χ1v) is 12.8. The summed E-state index contributed by atoms with van der Waals surface area (Å²) < 4.78 is 42.5. The molecule has 32 heavy (non-hydrogen) atoms. The van der Waals surface area contributed by atoms with Gasteiger partial charge in [-0.05, 0) is 61.0 Å². The van der Waals surface area contributed by atoms with E-state index in [9.17, 15) is 17.9 Å². The van der Waals surface area contributed by atoms with Crippen molar-refractivity contribution in [1.29, 1.82) is 0 Å². The van der Waals surface area contributed by atoms with Crippen LogP contribution in [-0.2, 0) is 22.0 Å². The highest BCUT2D eigenvalue weighted by molar-refractivity contribution is 7.91. The van der Waals surface area contributed by atoms with Gasteiger partial charge in [-0.15, -0.1) is 11.3 Å². The van der Waals surface area contributed by atoms with Crippen LogP contribution in [0.3, 0.4) is 0 Å². The van der Waals surface area contributed by atoms with E-state index >= 15 is 0 Å². The second-order valence-corrected chi connectivity index (χ2v) is 11.7. The molecule has 1 atom stereocenters. The summed E-state index contributed by atoms with van der Waals surface area (Å²) in [5.41, 5.74) is 1.34. The van der Waals surface area contributed by atoms with Gasteiger partial charge < -0.3 is 10.0 Å². The number of anilines is 1. The van der Waals surface area contributed by atoms with Crippen LogP contribution in [0.1, 0.15) is 25.0 Å². The van der Waals surface area contributed by atoms with Gasteiger partial charge in [0.2, 0.25) is 0 Å². The molecule has 1 aromatic heterocycles. The zero-order chi connectivity index (χ0) is 22.9. The Morgan fingerprint density at radius 2 is 1.78 bits per heavy atom. The molecule has 2 heterocycles. The van der Waals surface area contributed by atoms with E-state index < -0.39 is 15.6 Å². The standard InChI is InChI=1S/C24H27FN2O3S2/c1-24(2,28)19-9-11-20(12-10-19)27-14-13-26(32(29,30)23-8-5-15-31-23)17-21(27)16-18-6-3-4-7-22(18)25/h3-12,15,21,28H,13-14,16-17H2,1-2H3/t21-/m0/s1. The summed E-state index contributed by atoms with van der Waals surface area (Å²) in [5, 5.41) is 12.0. The van der Waals surface area contributed by atoms with E-state index in [1.54, 1.807) is 49.6 Å². The smallest absolute Gasteiger partial charge is 0.252 e. The topological polar surface area (TPSA) is 60.9 Å². The maximum absolute atomic E-state index is 14.4. The average Bonchev–Trinajstić information content (AvgIpc) is 3.31. The van der Waals surface area contributed by atoms with E-state index in [0.29, 0.717) is 29.3 Å². The average molecular weight is 475 g/mol. The second kappa shape index (κ2) is 8.94. The van der Waals surface area contributed by atoms with Gasteiger partial charge in [0.1, 0.15) is 10.0 Å². The number of benzene rings is 2. The Morgan fingerprint density at radius 3 is 2.41 bits per heavy atom. The highest BCUT2D eigenvalue weighted by Gasteiger charge is 2.35. The van der Waals surface area contributed by atoms with Crippen molar-refractivity contribution in [2.24, 2.45) is 0 Å². The number of hydrogen-bond acceptors (Lipinski definition) is 5. The summed E-state index contributed by atoms with van der Waals surface area (Å²) in [4.78, 5) is 2.14. The Bertz CT molecular complexity index is 1160. The molecule has 170 valence electrons. The van der Waals surface area contributed by atoms with E-state index in [2.05, 4.69) is 4.90 Å². The van der Waals surface area contributed by atoms with Crippen LogP contribution in [0.4, 0.5) is 10.1 Å². The lowest BCUT2D eigenvalue weighted by Gasteiger charge is -2.42. The highest BCUT2D eigenvalue weighted by atomic mass is 32.2. The largest absolute Gasteiger partial charge is 0.386 e. The van der Waals surface area contributed by atoms with Crippen molar-refractivity contribution in [3.63, 3.8) is 0 Å². The summed E-state index contributed by atoms with van der Waals surface area (Å²) in [6.45, 7) is 4.57. The third-order valence-corrected chi connectivity index (χ3v) is 9.09. The molecule has 5 nitrogen and oxygen atoms in total. The first-order valence-electron chi connectivity index (χ1n) is 10.5. The first kappa shape index (κ1) is 22.9. The molecule has 2 aromatic carbocycles. The molecular formula is C24H27FN2O3S2. The molecule has 1 aliphatic rings. The second-order valence-electron chi connectivity index (χ2n) is 8.54. The summed E-state index contributed by atoms with van der Waals surface area (Å²) in [7, 11) is -3.59. The predicted octanol–water partition coefficient (Wildman–Crippen LogP) is 4.24. The van der Waals surface area contributed by atoms with Crippen LogP contribution in [0.5, 0.6) is 0 Å². The molecule has 1 N–H and O–H groups in total. The number of halogens is 1. The number of hydrogen-bond donors (Lipinski definition) is 1. The zero-order valence-corrected chi connectivity index (χ0v) is 19.7. The Hall–Kier alpha value is -2.26. The van der Waals surface area contributed by atoms with Crippen LogP contribution >= 0.6 is 11.3 Å². The molecule has 0 amide bonds. The Morgan fingerprint density at radius 1 is 1.06 bits per heavy atom. The van der Waals surface area contributed by atoms with Gasteiger partial charge in [-0.25, -0.2) is 12.8 Å². The van der Waals surface area contributed by atoms with Crippen LogP contribution in [0, 0.1) is 5.82 Å². The molecule has 0 saturated carbocycles. The zero-order valence-electron chi connectivity index (χ0n) is 18.1. The fourth-order valence-corrected chi connectivity index (χ4v) is 6.69. The Kier molecular flexibility index (Phi) is 6.40. The number of nitrogens with zero attached hydrogens (tertiary/aromatic N) is 2. The minimum atomic E-state index is -3.59. The summed E-state index contributed by atoms with van der Waals surface area (Å²) in [5.74, 6) is -0.289. The first-order chi connectivity index (χ1) is 15.2. The van der Waals surface area contributed by atoms with Crippen molar-refractivity contribution < 1.29 is 17.9 Å². The fraction of sp³-hybridized carbons (Fsp3) is 0.333. The molecule has 8 heteroatoms. The molecule has 1 saturated heterocycles. The lowest BCUT2D eigenvalue weighted by Crippen LogP contribution is -2.55. The molecular weight excluding hydrogens is 447 g/mol. The molecule has 0 aliphatic carbocycles. The van der Waals surface area contributed by atoms with E-state index in [-0.39, 0.29) is 18.4 Å². The van der Waals surface area contributed by atoms with Crippen LogP contribution < -0.4 is 4.90 Å². The van der Waals surface area contributed by atoms with E-state index in [1.807, 2.05) is 24.3 Å². The number of piperazine rings is 1. The summed E-state index contributed by atoms with van der Waals surface area (Å²) >= 11 is 1.21. The lowest BCUT2D eigenvalue weighted by molar-refractivity contribution is 0.0786. The normalized spacial score (nSPS) is 18.1. The molecule has 0 radical (unpaired) electrons. The molecule has 1 fully saturated rings. The van der Waals surface area contributed by atoms with Crippen LogP contribution in [0.15, 0.2) is 70.3 Å². The number of sulfonamides is 1. The molecule has 0 spiro atoms.